The summed E-state index contributed by atoms with van der Waals surface area (Å²) in [7, 11) is 1.86. The molecule has 0 spiro atoms. The number of aromatic nitrogens is 3. The van der Waals surface area contributed by atoms with Crippen LogP contribution in [0.25, 0.3) is 0 Å². The lowest BCUT2D eigenvalue weighted by Gasteiger charge is -2.08. The first-order chi connectivity index (χ1) is 8.61. The van der Waals surface area contributed by atoms with Crippen LogP contribution in [0.15, 0.2) is 29.3 Å². The molecular formula is C13H14N4O. The zero-order valence-corrected chi connectivity index (χ0v) is 10.4. The third-order valence-electron chi connectivity index (χ3n) is 2.90. The molecule has 92 valence electrons. The van der Waals surface area contributed by atoms with E-state index in [1.54, 1.807) is 27.6 Å². The number of pyridine rings is 1. The maximum Gasteiger partial charge on any atom is 0.268 e. The van der Waals surface area contributed by atoms with Crippen molar-refractivity contribution in [2.45, 2.75) is 19.9 Å². The van der Waals surface area contributed by atoms with Crippen LogP contribution in [0.1, 0.15) is 16.8 Å². The van der Waals surface area contributed by atoms with Crippen LogP contribution < -0.4 is 5.56 Å². The Balaban J connectivity index is 2.24. The van der Waals surface area contributed by atoms with Gasteiger partial charge in [-0.05, 0) is 31.0 Å². The second-order valence-electron chi connectivity index (χ2n) is 4.23. The molecule has 0 saturated heterocycles. The standard InChI is InChI=1S/C13H14N4O/c1-10-3-4-12(7-14)13(18)17(10)6-5-11-8-15-16(2)9-11/h3-4,8-9H,5-6H2,1-2H3. The lowest BCUT2D eigenvalue weighted by Crippen LogP contribution is -2.25. The molecule has 0 unspecified atom stereocenters. The topological polar surface area (TPSA) is 63.6 Å². The molecule has 0 aromatic carbocycles. The SMILES string of the molecule is Cc1ccc(C#N)c(=O)n1CCc1cnn(C)c1. The van der Waals surface area contributed by atoms with Crippen molar-refractivity contribution in [1.82, 2.24) is 14.3 Å². The molecule has 0 aliphatic heterocycles. The summed E-state index contributed by atoms with van der Waals surface area (Å²) < 4.78 is 3.36. The highest BCUT2D eigenvalue weighted by Crippen LogP contribution is 2.02. The third kappa shape index (κ3) is 2.33. The summed E-state index contributed by atoms with van der Waals surface area (Å²) in [6.07, 6.45) is 4.44. The molecule has 0 saturated carbocycles. The Bertz CT molecular complexity index is 660. The van der Waals surface area contributed by atoms with Gasteiger partial charge in [0.15, 0.2) is 0 Å². The van der Waals surface area contributed by atoms with E-state index >= 15 is 0 Å². The quantitative estimate of drug-likeness (QED) is 0.806. The highest BCUT2D eigenvalue weighted by Gasteiger charge is 2.06. The minimum absolute atomic E-state index is 0.187. The van der Waals surface area contributed by atoms with Gasteiger partial charge in [0, 0.05) is 25.5 Å². The lowest BCUT2D eigenvalue weighted by molar-refractivity contribution is 0.647. The Kier molecular flexibility index (Phi) is 3.28. The fraction of sp³-hybridized carbons (Fsp3) is 0.308. The molecule has 0 fully saturated rings. The van der Waals surface area contributed by atoms with Crippen LogP contribution >= 0.6 is 0 Å². The molecule has 2 aromatic heterocycles. The molecular weight excluding hydrogens is 228 g/mol. The number of hydrogen-bond acceptors (Lipinski definition) is 3. The van der Waals surface area contributed by atoms with Gasteiger partial charge in [0.25, 0.3) is 5.56 Å². The molecule has 2 aromatic rings. The van der Waals surface area contributed by atoms with Crippen molar-refractivity contribution in [1.29, 1.82) is 5.26 Å². The minimum Gasteiger partial charge on any atom is -0.311 e. The van der Waals surface area contributed by atoms with Crippen LogP contribution in [0.2, 0.25) is 0 Å². The van der Waals surface area contributed by atoms with Gasteiger partial charge in [-0.3, -0.25) is 9.48 Å². The van der Waals surface area contributed by atoms with Crippen LogP contribution in [0.3, 0.4) is 0 Å². The van der Waals surface area contributed by atoms with E-state index in [-0.39, 0.29) is 11.1 Å². The molecule has 0 bridgehead atoms. The predicted octanol–water partition coefficient (Wildman–Crippen LogP) is 1.00. The maximum absolute atomic E-state index is 12.0. The Morgan fingerprint density at radius 2 is 2.22 bits per heavy atom. The molecule has 0 aliphatic carbocycles. The Hall–Kier alpha value is -2.35. The highest BCUT2D eigenvalue weighted by atomic mass is 16.1. The van der Waals surface area contributed by atoms with Gasteiger partial charge in [-0.1, -0.05) is 0 Å². The zero-order valence-electron chi connectivity index (χ0n) is 10.4. The van der Waals surface area contributed by atoms with Crippen molar-refractivity contribution >= 4 is 0 Å². The van der Waals surface area contributed by atoms with Crippen molar-refractivity contribution in [3.8, 4) is 6.07 Å². The van der Waals surface area contributed by atoms with E-state index in [1.165, 1.54) is 0 Å². The first-order valence-electron chi connectivity index (χ1n) is 5.70. The van der Waals surface area contributed by atoms with Gasteiger partial charge in [0.2, 0.25) is 0 Å². The Morgan fingerprint density at radius 1 is 1.44 bits per heavy atom. The molecule has 5 heteroatoms. The van der Waals surface area contributed by atoms with E-state index in [4.69, 9.17) is 5.26 Å². The fourth-order valence-electron chi connectivity index (χ4n) is 1.88. The summed E-state index contributed by atoms with van der Waals surface area (Å²) in [6, 6.07) is 5.28. The third-order valence-corrected chi connectivity index (χ3v) is 2.90. The highest BCUT2D eigenvalue weighted by molar-refractivity contribution is 5.27. The Labute approximate surface area is 105 Å². The summed E-state index contributed by atoms with van der Waals surface area (Å²) in [5.41, 5.74) is 1.90. The van der Waals surface area contributed by atoms with E-state index in [1.807, 2.05) is 26.2 Å². The van der Waals surface area contributed by atoms with Crippen molar-refractivity contribution in [2.75, 3.05) is 0 Å². The molecule has 0 amide bonds. The van der Waals surface area contributed by atoms with Crippen LogP contribution in [0.4, 0.5) is 0 Å². The van der Waals surface area contributed by atoms with Gasteiger partial charge in [0.1, 0.15) is 11.6 Å². The van der Waals surface area contributed by atoms with Crippen LogP contribution in [-0.4, -0.2) is 14.3 Å². The second kappa shape index (κ2) is 4.88. The molecule has 2 rings (SSSR count). The fourth-order valence-corrected chi connectivity index (χ4v) is 1.88. The van der Waals surface area contributed by atoms with Crippen molar-refractivity contribution in [3.05, 3.63) is 51.7 Å². The second-order valence-corrected chi connectivity index (χ2v) is 4.23. The number of rotatable bonds is 3. The van der Waals surface area contributed by atoms with E-state index in [0.717, 1.165) is 17.7 Å². The lowest BCUT2D eigenvalue weighted by atomic mass is 10.2. The maximum atomic E-state index is 12.0. The molecule has 18 heavy (non-hydrogen) atoms. The molecule has 5 nitrogen and oxygen atoms in total. The van der Waals surface area contributed by atoms with Crippen molar-refractivity contribution < 1.29 is 0 Å². The van der Waals surface area contributed by atoms with Crippen LogP contribution in [-0.2, 0) is 20.0 Å². The normalized spacial score (nSPS) is 10.3. The number of nitriles is 1. The zero-order chi connectivity index (χ0) is 13.1. The summed E-state index contributed by atoms with van der Waals surface area (Å²) in [6.45, 7) is 2.43. The monoisotopic (exact) mass is 242 g/mol. The summed E-state index contributed by atoms with van der Waals surface area (Å²) in [5.74, 6) is 0. The summed E-state index contributed by atoms with van der Waals surface area (Å²) in [5, 5.41) is 12.9. The van der Waals surface area contributed by atoms with Gasteiger partial charge in [-0.15, -0.1) is 0 Å². The van der Waals surface area contributed by atoms with Gasteiger partial charge in [-0.25, -0.2) is 0 Å². The molecule has 2 heterocycles. The van der Waals surface area contributed by atoms with Gasteiger partial charge < -0.3 is 4.57 Å². The Morgan fingerprint density at radius 3 is 2.83 bits per heavy atom. The minimum atomic E-state index is -0.221. The molecule has 0 N–H and O–H groups in total. The van der Waals surface area contributed by atoms with Crippen molar-refractivity contribution in [3.63, 3.8) is 0 Å². The van der Waals surface area contributed by atoms with Crippen LogP contribution in [0.5, 0.6) is 0 Å². The first-order valence-corrected chi connectivity index (χ1v) is 5.70. The van der Waals surface area contributed by atoms with Gasteiger partial charge in [0.05, 0.1) is 6.20 Å². The van der Waals surface area contributed by atoms with E-state index in [2.05, 4.69) is 5.10 Å². The van der Waals surface area contributed by atoms with Gasteiger partial charge in [-0.2, -0.15) is 10.4 Å². The van der Waals surface area contributed by atoms with E-state index in [9.17, 15) is 4.79 Å². The smallest absolute Gasteiger partial charge is 0.268 e. The van der Waals surface area contributed by atoms with E-state index < -0.39 is 0 Å². The van der Waals surface area contributed by atoms with Crippen LogP contribution in [0, 0.1) is 18.3 Å². The first kappa shape index (κ1) is 12.1. The number of nitrogens with zero attached hydrogens (tertiary/aromatic N) is 4. The number of aryl methyl sites for hydroxylation is 3. The summed E-state index contributed by atoms with van der Waals surface area (Å²) in [4.78, 5) is 12.0. The molecule has 0 radical (unpaired) electrons. The largest absolute Gasteiger partial charge is 0.311 e. The average Bonchev–Trinajstić information content (AvgIpc) is 2.75. The average molecular weight is 242 g/mol. The predicted molar refractivity (Wildman–Crippen MR) is 67.1 cm³/mol. The summed E-state index contributed by atoms with van der Waals surface area (Å²) >= 11 is 0. The number of hydrogen-bond donors (Lipinski definition) is 0. The molecule has 0 aliphatic rings. The van der Waals surface area contributed by atoms with Gasteiger partial charge >= 0.3 is 0 Å². The van der Waals surface area contributed by atoms with E-state index in [0.29, 0.717) is 6.54 Å². The van der Waals surface area contributed by atoms with Crippen molar-refractivity contribution in [2.24, 2.45) is 7.05 Å². The molecule has 0 atom stereocenters.